The molecular weight excluding hydrogens is 264 g/mol. The molecule has 0 N–H and O–H groups in total. The number of hydrogen-bond acceptors (Lipinski definition) is 3. The van der Waals surface area contributed by atoms with Gasteiger partial charge in [-0.2, -0.15) is 0 Å². The lowest BCUT2D eigenvalue weighted by Gasteiger charge is -2.27. The first-order valence-corrected chi connectivity index (χ1v) is 7.49. The van der Waals surface area contributed by atoms with Gasteiger partial charge in [0.15, 0.2) is 0 Å². The normalized spacial score (nSPS) is 22.0. The zero-order chi connectivity index (χ0) is 14.7. The zero-order valence-corrected chi connectivity index (χ0v) is 12.2. The molecule has 21 heavy (non-hydrogen) atoms. The third kappa shape index (κ3) is 3.18. The number of carbonyl (C=O) groups is 1. The van der Waals surface area contributed by atoms with Gasteiger partial charge in [-0.25, -0.2) is 0 Å². The van der Waals surface area contributed by atoms with Crippen molar-refractivity contribution in [1.82, 2.24) is 0 Å². The monoisotopic (exact) mass is 284 g/mol. The van der Waals surface area contributed by atoms with Crippen molar-refractivity contribution < 1.29 is 14.3 Å². The summed E-state index contributed by atoms with van der Waals surface area (Å²) in [6, 6.07) is 14.5. The highest BCUT2D eigenvalue weighted by Gasteiger charge is 2.27. The molecule has 0 unspecified atom stereocenters. The summed E-state index contributed by atoms with van der Waals surface area (Å²) >= 11 is 0. The Balaban J connectivity index is 1.63. The Kier molecular flexibility index (Phi) is 4.09. The van der Waals surface area contributed by atoms with Crippen molar-refractivity contribution in [2.75, 3.05) is 7.11 Å². The van der Waals surface area contributed by atoms with E-state index in [1.54, 1.807) is 0 Å². The van der Waals surface area contributed by atoms with E-state index in [1.165, 1.54) is 17.9 Å². The molecule has 0 aromatic heterocycles. The first-order valence-electron chi connectivity index (χ1n) is 7.49. The predicted molar refractivity (Wildman–Crippen MR) is 82.3 cm³/mol. The molecule has 3 heteroatoms. The van der Waals surface area contributed by atoms with E-state index in [0.717, 1.165) is 31.4 Å². The molecule has 0 saturated heterocycles. The second kappa shape index (κ2) is 6.17. The standard InChI is InChI=1S/C18H20O3/c1-20-18(19)14-7-9-16(10-8-14)21-17-11-6-13-4-2-3-5-15(13)12-17/h2-6,11-12,14,16H,7-10H2,1H3/t14-,16-. The summed E-state index contributed by atoms with van der Waals surface area (Å²) in [5, 5.41) is 2.41. The molecule has 1 saturated carbocycles. The van der Waals surface area contributed by atoms with Crippen LogP contribution >= 0.6 is 0 Å². The molecule has 2 aromatic carbocycles. The number of esters is 1. The maximum Gasteiger partial charge on any atom is 0.308 e. The van der Waals surface area contributed by atoms with Crippen molar-refractivity contribution in [1.29, 1.82) is 0 Å². The average molecular weight is 284 g/mol. The van der Waals surface area contributed by atoms with Gasteiger partial charge in [-0.05, 0) is 48.6 Å². The summed E-state index contributed by atoms with van der Waals surface area (Å²) in [4.78, 5) is 11.5. The molecule has 110 valence electrons. The molecule has 2 aromatic rings. The molecule has 3 nitrogen and oxygen atoms in total. The van der Waals surface area contributed by atoms with Crippen LogP contribution in [0.2, 0.25) is 0 Å². The maximum absolute atomic E-state index is 11.5. The molecule has 0 aliphatic heterocycles. The number of fused-ring (bicyclic) bond motifs is 1. The van der Waals surface area contributed by atoms with Crippen LogP contribution in [0.25, 0.3) is 10.8 Å². The lowest BCUT2D eigenvalue weighted by molar-refractivity contribution is -0.147. The van der Waals surface area contributed by atoms with Gasteiger partial charge in [0.2, 0.25) is 0 Å². The summed E-state index contributed by atoms with van der Waals surface area (Å²) in [6.45, 7) is 0. The van der Waals surface area contributed by atoms with Crippen molar-refractivity contribution in [3.63, 3.8) is 0 Å². The van der Waals surface area contributed by atoms with Crippen LogP contribution < -0.4 is 4.74 Å². The molecular formula is C18H20O3. The molecule has 3 rings (SSSR count). The molecule has 1 fully saturated rings. The number of methoxy groups -OCH3 is 1. The van der Waals surface area contributed by atoms with Crippen LogP contribution in [-0.4, -0.2) is 19.2 Å². The topological polar surface area (TPSA) is 35.5 Å². The lowest BCUT2D eigenvalue weighted by atomic mass is 9.87. The smallest absolute Gasteiger partial charge is 0.308 e. The van der Waals surface area contributed by atoms with E-state index in [2.05, 4.69) is 24.3 Å². The second-order valence-corrected chi connectivity index (χ2v) is 5.62. The molecule has 0 bridgehead atoms. The van der Waals surface area contributed by atoms with Gasteiger partial charge in [-0.1, -0.05) is 30.3 Å². The van der Waals surface area contributed by atoms with Crippen molar-refractivity contribution in [3.8, 4) is 5.75 Å². The van der Waals surface area contributed by atoms with Gasteiger partial charge in [-0.15, -0.1) is 0 Å². The Hall–Kier alpha value is -2.03. The maximum atomic E-state index is 11.5. The van der Waals surface area contributed by atoms with E-state index < -0.39 is 0 Å². The molecule has 0 heterocycles. The van der Waals surface area contributed by atoms with Crippen LogP contribution in [0.3, 0.4) is 0 Å². The summed E-state index contributed by atoms with van der Waals surface area (Å²) in [7, 11) is 1.46. The zero-order valence-electron chi connectivity index (χ0n) is 12.2. The van der Waals surface area contributed by atoms with Gasteiger partial charge in [0, 0.05) is 0 Å². The third-order valence-corrected chi connectivity index (χ3v) is 4.23. The van der Waals surface area contributed by atoms with Gasteiger partial charge in [0.05, 0.1) is 19.1 Å². The second-order valence-electron chi connectivity index (χ2n) is 5.62. The van der Waals surface area contributed by atoms with Crippen molar-refractivity contribution in [3.05, 3.63) is 42.5 Å². The largest absolute Gasteiger partial charge is 0.490 e. The fourth-order valence-corrected chi connectivity index (χ4v) is 3.02. The van der Waals surface area contributed by atoms with E-state index in [0.29, 0.717) is 0 Å². The van der Waals surface area contributed by atoms with Gasteiger partial charge >= 0.3 is 5.97 Å². The SMILES string of the molecule is COC(=O)[C@H]1CC[C@H](Oc2ccc3ccccc3c2)CC1. The molecule has 1 aliphatic carbocycles. The minimum atomic E-state index is -0.0841. The third-order valence-electron chi connectivity index (χ3n) is 4.23. The molecule has 0 radical (unpaired) electrons. The highest BCUT2D eigenvalue weighted by atomic mass is 16.5. The number of ether oxygens (including phenoxy) is 2. The first kappa shape index (κ1) is 13.9. The minimum Gasteiger partial charge on any atom is -0.490 e. The summed E-state index contributed by atoms with van der Waals surface area (Å²) < 4.78 is 10.9. The summed E-state index contributed by atoms with van der Waals surface area (Å²) in [5.41, 5.74) is 0. The van der Waals surface area contributed by atoms with Gasteiger partial charge < -0.3 is 9.47 Å². The van der Waals surface area contributed by atoms with Gasteiger partial charge in [-0.3, -0.25) is 4.79 Å². The van der Waals surface area contributed by atoms with Crippen LogP contribution in [0.5, 0.6) is 5.75 Å². The Morgan fingerprint density at radius 3 is 2.43 bits per heavy atom. The van der Waals surface area contributed by atoms with E-state index in [9.17, 15) is 4.79 Å². The van der Waals surface area contributed by atoms with E-state index in [4.69, 9.17) is 9.47 Å². The highest BCUT2D eigenvalue weighted by molar-refractivity contribution is 5.83. The molecule has 0 amide bonds. The van der Waals surface area contributed by atoms with Crippen LogP contribution in [0, 0.1) is 5.92 Å². The molecule has 0 spiro atoms. The molecule has 0 atom stereocenters. The Labute approximate surface area is 124 Å². The van der Waals surface area contributed by atoms with Crippen LogP contribution in [0.1, 0.15) is 25.7 Å². The number of carbonyl (C=O) groups excluding carboxylic acids is 1. The molecule has 1 aliphatic rings. The highest BCUT2D eigenvalue weighted by Crippen LogP contribution is 2.29. The quantitative estimate of drug-likeness (QED) is 0.801. The number of rotatable bonds is 3. The Morgan fingerprint density at radius 1 is 1.00 bits per heavy atom. The average Bonchev–Trinajstić information content (AvgIpc) is 2.55. The summed E-state index contributed by atoms with van der Waals surface area (Å²) in [6.07, 6.45) is 3.72. The van der Waals surface area contributed by atoms with Crippen molar-refractivity contribution in [2.24, 2.45) is 5.92 Å². The van der Waals surface area contributed by atoms with E-state index >= 15 is 0 Å². The number of benzene rings is 2. The summed E-state index contributed by atoms with van der Waals surface area (Å²) in [5.74, 6) is 0.876. The lowest BCUT2D eigenvalue weighted by Crippen LogP contribution is -2.28. The fourth-order valence-electron chi connectivity index (χ4n) is 3.02. The van der Waals surface area contributed by atoms with Crippen molar-refractivity contribution in [2.45, 2.75) is 31.8 Å². The van der Waals surface area contributed by atoms with Gasteiger partial charge in [0.25, 0.3) is 0 Å². The number of hydrogen-bond donors (Lipinski definition) is 0. The van der Waals surface area contributed by atoms with E-state index in [1.807, 2.05) is 18.2 Å². The van der Waals surface area contributed by atoms with Crippen LogP contribution in [-0.2, 0) is 9.53 Å². The Morgan fingerprint density at radius 2 is 1.71 bits per heavy atom. The fraction of sp³-hybridized carbons (Fsp3) is 0.389. The Bertz CT molecular complexity index is 627. The van der Waals surface area contributed by atoms with Crippen LogP contribution in [0.15, 0.2) is 42.5 Å². The van der Waals surface area contributed by atoms with Crippen LogP contribution in [0.4, 0.5) is 0 Å². The van der Waals surface area contributed by atoms with Crippen molar-refractivity contribution >= 4 is 16.7 Å². The van der Waals surface area contributed by atoms with Gasteiger partial charge in [0.1, 0.15) is 5.75 Å². The minimum absolute atomic E-state index is 0.0476. The first-order chi connectivity index (χ1) is 10.3. The van der Waals surface area contributed by atoms with E-state index in [-0.39, 0.29) is 18.0 Å². The predicted octanol–water partition coefficient (Wildman–Crippen LogP) is 3.95.